The van der Waals surface area contributed by atoms with Crippen LogP contribution in [-0.4, -0.2) is 59.0 Å². The van der Waals surface area contributed by atoms with E-state index >= 15 is 0 Å². The number of hydrogen-bond acceptors (Lipinski definition) is 5. The minimum atomic E-state index is -1.02. The third-order valence-electron chi connectivity index (χ3n) is 4.37. The van der Waals surface area contributed by atoms with Crippen LogP contribution in [0, 0.1) is 17.3 Å². The van der Waals surface area contributed by atoms with Crippen molar-refractivity contribution in [1.82, 2.24) is 4.90 Å². The number of aliphatic hydroxyl groups is 2. The van der Waals surface area contributed by atoms with Gasteiger partial charge in [-0.3, -0.25) is 14.5 Å². The van der Waals surface area contributed by atoms with Gasteiger partial charge < -0.3 is 10.2 Å². The lowest BCUT2D eigenvalue weighted by atomic mass is 9.74. The molecule has 0 saturated heterocycles. The van der Waals surface area contributed by atoms with Crippen LogP contribution in [0.15, 0.2) is 12.7 Å². The SMILES string of the molecule is C=C[C@](CO)(C(=O)CN(CC(C)=O)[C@@H](CO)C(C)C)C(C)C. The van der Waals surface area contributed by atoms with Crippen molar-refractivity contribution < 1.29 is 19.8 Å². The van der Waals surface area contributed by atoms with Crippen molar-refractivity contribution >= 4 is 11.6 Å². The number of Topliss-reactive ketones (excluding diaryl/α,β-unsaturated/α-hetero) is 2. The molecule has 0 aromatic heterocycles. The van der Waals surface area contributed by atoms with E-state index in [1.165, 1.54) is 13.0 Å². The van der Waals surface area contributed by atoms with Crippen molar-refractivity contribution in [1.29, 1.82) is 0 Å². The van der Waals surface area contributed by atoms with E-state index in [1.54, 1.807) is 4.90 Å². The Morgan fingerprint density at radius 3 is 2.00 bits per heavy atom. The summed E-state index contributed by atoms with van der Waals surface area (Å²) in [5.41, 5.74) is -1.02. The standard InChI is InChI=1S/C17H31NO4/c1-7-17(11-20,13(4)5)16(22)9-18(8-14(6)21)15(10-19)12(2)3/h7,12-13,15,19-20H,1,8-11H2,2-6H3/t15-,17+/m0/s1. The molecule has 0 unspecified atom stereocenters. The number of nitrogens with zero attached hydrogens (tertiary/aromatic N) is 1. The van der Waals surface area contributed by atoms with Crippen LogP contribution in [0.25, 0.3) is 0 Å². The van der Waals surface area contributed by atoms with Crippen molar-refractivity contribution in [2.24, 2.45) is 17.3 Å². The molecule has 0 rings (SSSR count). The molecule has 0 saturated carbocycles. The summed E-state index contributed by atoms with van der Waals surface area (Å²) in [5.74, 6) is -0.248. The van der Waals surface area contributed by atoms with E-state index in [-0.39, 0.29) is 55.7 Å². The van der Waals surface area contributed by atoms with Crippen molar-refractivity contribution in [3.8, 4) is 0 Å². The average Bonchev–Trinajstić information content (AvgIpc) is 2.39. The normalized spacial score (nSPS) is 15.9. The predicted octanol–water partition coefficient (Wildman–Crippen LogP) is 1.28. The molecule has 0 fully saturated rings. The van der Waals surface area contributed by atoms with Gasteiger partial charge in [0.2, 0.25) is 0 Å². The second kappa shape index (κ2) is 9.18. The van der Waals surface area contributed by atoms with E-state index in [1.807, 2.05) is 27.7 Å². The van der Waals surface area contributed by atoms with Crippen LogP contribution in [0.4, 0.5) is 0 Å². The summed E-state index contributed by atoms with van der Waals surface area (Å²) < 4.78 is 0. The highest BCUT2D eigenvalue weighted by atomic mass is 16.3. The average molecular weight is 313 g/mol. The number of hydrogen-bond donors (Lipinski definition) is 2. The van der Waals surface area contributed by atoms with Gasteiger partial charge in [0, 0.05) is 6.04 Å². The Labute approximate surface area is 134 Å². The number of ketones is 2. The fourth-order valence-electron chi connectivity index (χ4n) is 2.66. The molecule has 0 bridgehead atoms. The first-order valence-electron chi connectivity index (χ1n) is 7.78. The van der Waals surface area contributed by atoms with E-state index < -0.39 is 5.41 Å². The van der Waals surface area contributed by atoms with Gasteiger partial charge in [-0.1, -0.05) is 33.8 Å². The van der Waals surface area contributed by atoms with Crippen molar-refractivity contribution in [3.05, 3.63) is 12.7 Å². The largest absolute Gasteiger partial charge is 0.395 e. The summed E-state index contributed by atoms with van der Waals surface area (Å²) >= 11 is 0. The van der Waals surface area contributed by atoms with E-state index in [0.717, 1.165) is 0 Å². The van der Waals surface area contributed by atoms with Crippen LogP contribution in [-0.2, 0) is 9.59 Å². The molecular weight excluding hydrogens is 282 g/mol. The molecule has 2 atom stereocenters. The second-order valence-corrected chi connectivity index (χ2v) is 6.58. The third kappa shape index (κ3) is 5.00. The molecule has 0 aliphatic rings. The van der Waals surface area contributed by atoms with E-state index in [4.69, 9.17) is 0 Å². The smallest absolute Gasteiger partial charge is 0.159 e. The molecule has 0 spiro atoms. The first kappa shape index (κ1) is 21.0. The van der Waals surface area contributed by atoms with Crippen LogP contribution >= 0.6 is 0 Å². The summed E-state index contributed by atoms with van der Waals surface area (Å²) in [4.78, 5) is 25.9. The van der Waals surface area contributed by atoms with Crippen LogP contribution < -0.4 is 0 Å². The first-order valence-corrected chi connectivity index (χ1v) is 7.78. The van der Waals surface area contributed by atoms with Crippen molar-refractivity contribution in [2.75, 3.05) is 26.3 Å². The molecule has 128 valence electrons. The van der Waals surface area contributed by atoms with Gasteiger partial charge in [0.15, 0.2) is 5.78 Å². The van der Waals surface area contributed by atoms with Crippen LogP contribution in [0.3, 0.4) is 0 Å². The predicted molar refractivity (Wildman–Crippen MR) is 87.5 cm³/mol. The van der Waals surface area contributed by atoms with Crippen LogP contribution in [0.1, 0.15) is 34.6 Å². The van der Waals surface area contributed by atoms with Crippen molar-refractivity contribution in [3.63, 3.8) is 0 Å². The molecule has 0 aliphatic heterocycles. The highest BCUT2D eigenvalue weighted by molar-refractivity contribution is 5.89. The minimum absolute atomic E-state index is 0.00769. The molecule has 0 aliphatic carbocycles. The van der Waals surface area contributed by atoms with Gasteiger partial charge >= 0.3 is 0 Å². The highest BCUT2D eigenvalue weighted by Crippen LogP contribution is 2.30. The van der Waals surface area contributed by atoms with Gasteiger partial charge in [0.25, 0.3) is 0 Å². The van der Waals surface area contributed by atoms with E-state index in [2.05, 4.69) is 6.58 Å². The summed E-state index contributed by atoms with van der Waals surface area (Å²) in [5, 5.41) is 19.3. The lowest BCUT2D eigenvalue weighted by molar-refractivity contribution is -0.133. The molecule has 22 heavy (non-hydrogen) atoms. The fraction of sp³-hybridized carbons (Fsp3) is 0.765. The molecule has 0 radical (unpaired) electrons. The highest BCUT2D eigenvalue weighted by Gasteiger charge is 2.39. The zero-order valence-corrected chi connectivity index (χ0v) is 14.5. The molecule has 2 N–H and O–H groups in total. The maximum atomic E-state index is 12.7. The molecular formula is C17H31NO4. The maximum absolute atomic E-state index is 12.7. The monoisotopic (exact) mass is 313 g/mol. The summed E-state index contributed by atoms with van der Waals surface area (Å²) in [6.07, 6.45) is 1.50. The third-order valence-corrected chi connectivity index (χ3v) is 4.37. The van der Waals surface area contributed by atoms with Gasteiger partial charge in [0.1, 0.15) is 5.78 Å². The number of carbonyl (C=O) groups is 2. The van der Waals surface area contributed by atoms with E-state index in [9.17, 15) is 19.8 Å². The van der Waals surface area contributed by atoms with Gasteiger partial charge in [-0.25, -0.2) is 0 Å². The lowest BCUT2D eigenvalue weighted by Crippen LogP contribution is -2.51. The topological polar surface area (TPSA) is 77.8 Å². The quantitative estimate of drug-likeness (QED) is 0.562. The van der Waals surface area contributed by atoms with Crippen molar-refractivity contribution in [2.45, 2.75) is 40.7 Å². The van der Waals surface area contributed by atoms with Gasteiger partial charge in [-0.05, 0) is 18.8 Å². The molecule has 0 aromatic rings. The van der Waals surface area contributed by atoms with Crippen LogP contribution in [0.2, 0.25) is 0 Å². The molecule has 0 aromatic carbocycles. The number of carbonyl (C=O) groups excluding carboxylic acids is 2. The maximum Gasteiger partial charge on any atom is 0.159 e. The molecule has 5 heteroatoms. The summed E-state index contributed by atoms with van der Waals surface area (Å²) in [6.45, 7) is 12.4. The molecule has 5 nitrogen and oxygen atoms in total. The Hall–Kier alpha value is -1.04. The Balaban J connectivity index is 5.41. The summed E-state index contributed by atoms with van der Waals surface area (Å²) in [6, 6.07) is -0.277. The Morgan fingerprint density at radius 2 is 1.73 bits per heavy atom. The minimum Gasteiger partial charge on any atom is -0.395 e. The van der Waals surface area contributed by atoms with Gasteiger partial charge in [-0.2, -0.15) is 0 Å². The second-order valence-electron chi connectivity index (χ2n) is 6.58. The Kier molecular flexibility index (Phi) is 8.74. The fourth-order valence-corrected chi connectivity index (χ4v) is 2.66. The van der Waals surface area contributed by atoms with Gasteiger partial charge in [-0.15, -0.1) is 6.58 Å². The van der Waals surface area contributed by atoms with Crippen LogP contribution in [0.5, 0.6) is 0 Å². The number of aliphatic hydroxyl groups excluding tert-OH is 2. The molecule has 0 amide bonds. The summed E-state index contributed by atoms with van der Waals surface area (Å²) in [7, 11) is 0. The zero-order valence-electron chi connectivity index (χ0n) is 14.5. The Bertz CT molecular complexity index is 392. The lowest BCUT2D eigenvalue weighted by Gasteiger charge is -2.37. The zero-order chi connectivity index (χ0) is 17.5. The van der Waals surface area contributed by atoms with Gasteiger partial charge in [0.05, 0.1) is 31.7 Å². The number of rotatable bonds is 11. The van der Waals surface area contributed by atoms with E-state index in [0.29, 0.717) is 0 Å². The first-order chi connectivity index (χ1) is 10.2. The Morgan fingerprint density at radius 1 is 1.18 bits per heavy atom. The molecule has 0 heterocycles.